The van der Waals surface area contributed by atoms with Gasteiger partial charge in [-0.05, 0) is 36.6 Å². The van der Waals surface area contributed by atoms with E-state index >= 15 is 0 Å². The quantitative estimate of drug-likeness (QED) is 0.625. The number of nitrogens with one attached hydrogen (secondary N) is 2. The van der Waals surface area contributed by atoms with Crippen molar-refractivity contribution in [3.63, 3.8) is 0 Å². The van der Waals surface area contributed by atoms with E-state index in [1.165, 1.54) is 24.4 Å². The summed E-state index contributed by atoms with van der Waals surface area (Å²) in [7, 11) is 0. The molecule has 0 aromatic carbocycles. The van der Waals surface area contributed by atoms with E-state index in [-0.39, 0.29) is 0 Å². The molecule has 0 saturated carbocycles. The van der Waals surface area contributed by atoms with Crippen LogP contribution in [0.1, 0.15) is 32.1 Å². The molecule has 1 aromatic heterocycles. The van der Waals surface area contributed by atoms with Crippen LogP contribution in [0.25, 0.3) is 0 Å². The van der Waals surface area contributed by atoms with Gasteiger partial charge >= 0.3 is 0 Å². The minimum Gasteiger partial charge on any atom is -0.357 e. The van der Waals surface area contributed by atoms with Gasteiger partial charge in [0, 0.05) is 37.6 Å². The smallest absolute Gasteiger partial charge is 0.191 e. The van der Waals surface area contributed by atoms with Crippen LogP contribution in [0, 0.1) is 11.8 Å². The molecule has 1 aliphatic rings. The van der Waals surface area contributed by atoms with E-state index < -0.39 is 0 Å². The van der Waals surface area contributed by atoms with Crippen molar-refractivity contribution in [2.45, 2.75) is 33.7 Å². The predicted molar refractivity (Wildman–Crippen MR) is 96.5 cm³/mol. The zero-order valence-corrected chi connectivity index (χ0v) is 15.0. The Balaban J connectivity index is 1.75. The van der Waals surface area contributed by atoms with Crippen LogP contribution >= 0.6 is 11.3 Å². The zero-order valence-electron chi connectivity index (χ0n) is 14.1. The van der Waals surface area contributed by atoms with Crippen molar-refractivity contribution in [2.24, 2.45) is 16.8 Å². The number of aliphatic imine (C=N–C) groups is 1. The van der Waals surface area contributed by atoms with Crippen LogP contribution in [0.4, 0.5) is 0 Å². The first-order chi connectivity index (χ1) is 10.7. The fourth-order valence-electron chi connectivity index (χ4n) is 3.21. The molecule has 2 heterocycles. The monoisotopic (exact) mass is 322 g/mol. The highest BCUT2D eigenvalue weighted by atomic mass is 32.1. The van der Waals surface area contributed by atoms with Crippen molar-refractivity contribution in [1.82, 2.24) is 15.5 Å². The van der Waals surface area contributed by atoms with E-state index in [0.717, 1.165) is 44.0 Å². The molecule has 2 N–H and O–H groups in total. The fraction of sp³-hybridized carbons (Fsp3) is 0.706. The van der Waals surface area contributed by atoms with Crippen LogP contribution in [-0.4, -0.2) is 43.6 Å². The lowest BCUT2D eigenvalue weighted by atomic mass is 9.92. The third-order valence-electron chi connectivity index (χ3n) is 3.98. The lowest BCUT2D eigenvalue weighted by Gasteiger charge is -2.35. The topological polar surface area (TPSA) is 39.7 Å². The molecule has 1 aliphatic heterocycles. The highest BCUT2D eigenvalue weighted by Crippen LogP contribution is 2.20. The van der Waals surface area contributed by atoms with Gasteiger partial charge in [0.25, 0.3) is 0 Å². The van der Waals surface area contributed by atoms with Crippen LogP contribution in [0.2, 0.25) is 0 Å². The Morgan fingerprint density at radius 2 is 2.09 bits per heavy atom. The first kappa shape index (κ1) is 17.3. The minimum absolute atomic E-state index is 0.755. The Bertz CT molecular complexity index is 434. The maximum Gasteiger partial charge on any atom is 0.191 e. The maximum absolute atomic E-state index is 4.65. The largest absolute Gasteiger partial charge is 0.357 e. The average Bonchev–Trinajstić information content (AvgIpc) is 2.97. The van der Waals surface area contributed by atoms with Gasteiger partial charge in [0.15, 0.2) is 5.96 Å². The zero-order chi connectivity index (χ0) is 15.8. The first-order valence-electron chi connectivity index (χ1n) is 8.44. The Kier molecular flexibility index (Phi) is 7.19. The van der Waals surface area contributed by atoms with Gasteiger partial charge in [0.05, 0.1) is 6.54 Å². The summed E-state index contributed by atoms with van der Waals surface area (Å²) in [4.78, 5) is 8.53. The summed E-state index contributed by atoms with van der Waals surface area (Å²) in [6, 6.07) is 4.21. The summed E-state index contributed by atoms with van der Waals surface area (Å²) < 4.78 is 0. The lowest BCUT2D eigenvalue weighted by molar-refractivity contribution is 0.143. The van der Waals surface area contributed by atoms with Crippen LogP contribution in [0.5, 0.6) is 0 Å². The minimum atomic E-state index is 0.755. The van der Waals surface area contributed by atoms with Gasteiger partial charge in [-0.15, -0.1) is 11.3 Å². The van der Waals surface area contributed by atoms with Crippen LogP contribution in [0.3, 0.4) is 0 Å². The normalized spacial score (nSPS) is 23.5. The molecule has 0 radical (unpaired) electrons. The number of likely N-dealkylation sites (tertiary alicyclic amines) is 1. The summed E-state index contributed by atoms with van der Waals surface area (Å²) in [5.41, 5.74) is 0. The number of guanidine groups is 1. The second-order valence-corrected chi connectivity index (χ2v) is 7.44. The molecule has 124 valence electrons. The summed E-state index contributed by atoms with van der Waals surface area (Å²) in [5, 5.41) is 8.89. The molecule has 1 saturated heterocycles. The number of rotatable bonds is 6. The first-order valence-corrected chi connectivity index (χ1v) is 9.32. The van der Waals surface area contributed by atoms with Gasteiger partial charge in [-0.2, -0.15) is 0 Å². The third kappa shape index (κ3) is 5.97. The van der Waals surface area contributed by atoms with Gasteiger partial charge in [-0.1, -0.05) is 19.9 Å². The number of nitrogens with zero attached hydrogens (tertiary/aromatic N) is 2. The van der Waals surface area contributed by atoms with Crippen molar-refractivity contribution < 1.29 is 0 Å². The van der Waals surface area contributed by atoms with Gasteiger partial charge in [-0.25, -0.2) is 4.99 Å². The predicted octanol–water partition coefficient (Wildman–Crippen LogP) is 2.78. The van der Waals surface area contributed by atoms with Crippen molar-refractivity contribution in [2.75, 3.05) is 32.7 Å². The molecule has 1 fully saturated rings. The van der Waals surface area contributed by atoms with E-state index in [1.54, 1.807) is 11.3 Å². The fourth-order valence-corrected chi connectivity index (χ4v) is 3.84. The highest BCUT2D eigenvalue weighted by molar-refractivity contribution is 7.09. The summed E-state index contributed by atoms with van der Waals surface area (Å²) >= 11 is 1.76. The van der Waals surface area contributed by atoms with E-state index in [9.17, 15) is 0 Å². The molecule has 0 spiro atoms. The van der Waals surface area contributed by atoms with Gasteiger partial charge in [-0.3, -0.25) is 0 Å². The van der Waals surface area contributed by atoms with Crippen molar-refractivity contribution >= 4 is 17.3 Å². The molecule has 5 heteroatoms. The standard InChI is InChI=1S/C17H30N4S/c1-4-18-17(20-11-16-6-5-9-22-16)19-7-8-21-12-14(2)10-15(3)13-21/h5-6,9,14-15H,4,7-8,10-13H2,1-3H3,(H2,18,19,20). The Labute approximate surface area is 139 Å². The van der Waals surface area contributed by atoms with E-state index in [2.05, 4.69) is 58.8 Å². The lowest BCUT2D eigenvalue weighted by Crippen LogP contribution is -2.45. The Morgan fingerprint density at radius 1 is 1.32 bits per heavy atom. The number of hydrogen-bond acceptors (Lipinski definition) is 3. The molecule has 1 aromatic rings. The Morgan fingerprint density at radius 3 is 2.73 bits per heavy atom. The molecule has 4 nitrogen and oxygen atoms in total. The SMILES string of the molecule is CCNC(=NCc1cccs1)NCCN1CC(C)CC(C)C1. The molecular formula is C17H30N4S. The second-order valence-electron chi connectivity index (χ2n) is 6.41. The van der Waals surface area contributed by atoms with Crippen molar-refractivity contribution in [3.05, 3.63) is 22.4 Å². The van der Waals surface area contributed by atoms with Gasteiger partial charge < -0.3 is 15.5 Å². The average molecular weight is 323 g/mol. The number of piperidine rings is 1. The summed E-state index contributed by atoms with van der Waals surface area (Å²) in [5.74, 6) is 2.57. The van der Waals surface area contributed by atoms with Gasteiger partial charge in [0.1, 0.15) is 0 Å². The van der Waals surface area contributed by atoms with E-state index in [4.69, 9.17) is 0 Å². The molecule has 0 bridgehead atoms. The van der Waals surface area contributed by atoms with E-state index in [0.29, 0.717) is 0 Å². The van der Waals surface area contributed by atoms with Crippen molar-refractivity contribution in [3.8, 4) is 0 Å². The molecule has 0 aliphatic carbocycles. The number of thiophene rings is 1. The molecule has 22 heavy (non-hydrogen) atoms. The maximum atomic E-state index is 4.65. The van der Waals surface area contributed by atoms with Crippen LogP contribution in [0.15, 0.2) is 22.5 Å². The van der Waals surface area contributed by atoms with Crippen LogP contribution < -0.4 is 10.6 Å². The van der Waals surface area contributed by atoms with Gasteiger partial charge in [0.2, 0.25) is 0 Å². The second kappa shape index (κ2) is 9.16. The Hall–Kier alpha value is -1.07. The van der Waals surface area contributed by atoms with Crippen molar-refractivity contribution in [1.29, 1.82) is 0 Å². The third-order valence-corrected chi connectivity index (χ3v) is 4.84. The number of hydrogen-bond donors (Lipinski definition) is 2. The molecule has 0 amide bonds. The molecule has 2 atom stereocenters. The van der Waals surface area contributed by atoms with E-state index in [1.807, 2.05) is 0 Å². The molecule has 2 unspecified atom stereocenters. The molecular weight excluding hydrogens is 292 g/mol. The summed E-state index contributed by atoms with van der Waals surface area (Å²) in [6.45, 7) is 13.0. The molecule has 2 rings (SSSR count). The van der Waals surface area contributed by atoms with Crippen LogP contribution in [-0.2, 0) is 6.54 Å². The summed E-state index contributed by atoms with van der Waals surface area (Å²) in [6.07, 6.45) is 1.37. The highest BCUT2D eigenvalue weighted by Gasteiger charge is 2.21.